The number of nitrogens with one attached hydrogen (secondary N) is 2. The SMILES string of the molecule is CN=C(NCc1csc(C(C)(C)C)n1)NCC(C)C.I. The van der Waals surface area contributed by atoms with Gasteiger partial charge >= 0.3 is 0 Å². The van der Waals surface area contributed by atoms with Crippen LogP contribution in [0, 0.1) is 5.92 Å². The van der Waals surface area contributed by atoms with Gasteiger partial charge in [0.25, 0.3) is 0 Å². The van der Waals surface area contributed by atoms with E-state index in [1.165, 1.54) is 5.01 Å². The van der Waals surface area contributed by atoms with Crippen molar-refractivity contribution in [3.05, 3.63) is 16.1 Å². The van der Waals surface area contributed by atoms with Crippen LogP contribution in [0.3, 0.4) is 0 Å². The van der Waals surface area contributed by atoms with E-state index in [1.807, 2.05) is 0 Å². The highest BCUT2D eigenvalue weighted by molar-refractivity contribution is 14.0. The molecule has 4 nitrogen and oxygen atoms in total. The molecule has 1 heterocycles. The number of nitrogens with zero attached hydrogens (tertiary/aromatic N) is 2. The Bertz CT molecular complexity index is 421. The van der Waals surface area contributed by atoms with Crippen molar-refractivity contribution in [1.29, 1.82) is 0 Å². The van der Waals surface area contributed by atoms with Crippen molar-refractivity contribution >= 4 is 41.3 Å². The lowest BCUT2D eigenvalue weighted by atomic mass is 9.98. The van der Waals surface area contributed by atoms with Crippen LogP contribution in [-0.4, -0.2) is 24.5 Å². The highest BCUT2D eigenvalue weighted by Gasteiger charge is 2.17. The number of aromatic nitrogens is 1. The van der Waals surface area contributed by atoms with Gasteiger partial charge in [0.2, 0.25) is 0 Å². The summed E-state index contributed by atoms with van der Waals surface area (Å²) in [5.74, 6) is 1.43. The van der Waals surface area contributed by atoms with Crippen LogP contribution in [-0.2, 0) is 12.0 Å². The fourth-order valence-electron chi connectivity index (χ4n) is 1.43. The zero-order valence-electron chi connectivity index (χ0n) is 13.3. The first-order valence-electron chi connectivity index (χ1n) is 6.72. The van der Waals surface area contributed by atoms with Gasteiger partial charge in [0, 0.05) is 24.4 Å². The first kappa shape index (κ1) is 19.6. The molecule has 0 aliphatic heterocycles. The third kappa shape index (κ3) is 6.88. The van der Waals surface area contributed by atoms with E-state index in [1.54, 1.807) is 18.4 Å². The predicted octanol–water partition coefficient (Wildman–Crippen LogP) is 3.38. The van der Waals surface area contributed by atoms with Crippen molar-refractivity contribution in [1.82, 2.24) is 15.6 Å². The Morgan fingerprint density at radius 2 is 2.00 bits per heavy atom. The summed E-state index contributed by atoms with van der Waals surface area (Å²) in [7, 11) is 1.79. The second kappa shape index (κ2) is 8.81. The van der Waals surface area contributed by atoms with Crippen LogP contribution in [0.15, 0.2) is 10.4 Å². The lowest BCUT2D eigenvalue weighted by Gasteiger charge is -2.14. The number of hydrogen-bond acceptors (Lipinski definition) is 3. The summed E-state index contributed by atoms with van der Waals surface area (Å²) in [5.41, 5.74) is 1.20. The van der Waals surface area contributed by atoms with Gasteiger partial charge in [-0.2, -0.15) is 0 Å². The summed E-state index contributed by atoms with van der Waals surface area (Å²) in [4.78, 5) is 8.86. The maximum absolute atomic E-state index is 4.66. The molecule has 1 aromatic rings. The molecule has 116 valence electrons. The fourth-order valence-corrected chi connectivity index (χ4v) is 2.34. The summed E-state index contributed by atoms with van der Waals surface area (Å²) < 4.78 is 0. The summed E-state index contributed by atoms with van der Waals surface area (Å²) in [6.07, 6.45) is 0. The number of thiazole rings is 1. The number of aliphatic imine (C=N–C) groups is 1. The molecule has 0 saturated heterocycles. The third-order valence-electron chi connectivity index (χ3n) is 2.53. The minimum absolute atomic E-state index is 0. The summed E-state index contributed by atoms with van der Waals surface area (Å²) in [6, 6.07) is 0. The van der Waals surface area contributed by atoms with Crippen LogP contribution in [0.25, 0.3) is 0 Å². The molecule has 1 aromatic heterocycles. The van der Waals surface area contributed by atoms with Crippen molar-refractivity contribution < 1.29 is 0 Å². The molecule has 2 N–H and O–H groups in total. The van der Waals surface area contributed by atoms with Gasteiger partial charge in [-0.05, 0) is 5.92 Å². The van der Waals surface area contributed by atoms with Gasteiger partial charge in [0.1, 0.15) is 0 Å². The number of rotatable bonds is 4. The van der Waals surface area contributed by atoms with Crippen LogP contribution in [0.4, 0.5) is 0 Å². The third-order valence-corrected chi connectivity index (χ3v) is 3.85. The standard InChI is InChI=1S/C14H26N4S.HI/c1-10(2)7-16-13(15-6)17-8-11-9-19-12(18-11)14(3,4)5;/h9-10H,7-8H2,1-6H3,(H2,15,16,17);1H. The minimum Gasteiger partial charge on any atom is -0.356 e. The Kier molecular flexibility index (Phi) is 8.65. The van der Waals surface area contributed by atoms with Crippen molar-refractivity contribution in [2.45, 2.75) is 46.6 Å². The average Bonchev–Trinajstić information content (AvgIpc) is 2.77. The topological polar surface area (TPSA) is 49.3 Å². The molecule has 0 saturated carbocycles. The van der Waals surface area contributed by atoms with Crippen LogP contribution in [0.5, 0.6) is 0 Å². The van der Waals surface area contributed by atoms with E-state index in [0.29, 0.717) is 12.5 Å². The minimum atomic E-state index is 0. The lowest BCUT2D eigenvalue weighted by molar-refractivity contribution is 0.581. The molecule has 0 amide bonds. The van der Waals surface area contributed by atoms with E-state index >= 15 is 0 Å². The van der Waals surface area contributed by atoms with Gasteiger partial charge in [-0.3, -0.25) is 4.99 Å². The van der Waals surface area contributed by atoms with Gasteiger partial charge < -0.3 is 10.6 Å². The molecule has 0 atom stereocenters. The van der Waals surface area contributed by atoms with Crippen LogP contribution in [0.2, 0.25) is 0 Å². The molecular formula is C14H27IN4S. The Morgan fingerprint density at radius 1 is 1.35 bits per heavy atom. The monoisotopic (exact) mass is 410 g/mol. The predicted molar refractivity (Wildman–Crippen MR) is 99.3 cm³/mol. The smallest absolute Gasteiger partial charge is 0.191 e. The first-order valence-corrected chi connectivity index (χ1v) is 7.60. The van der Waals surface area contributed by atoms with Gasteiger partial charge in [-0.1, -0.05) is 34.6 Å². The van der Waals surface area contributed by atoms with E-state index in [-0.39, 0.29) is 29.4 Å². The Balaban J connectivity index is 0.00000361. The van der Waals surface area contributed by atoms with E-state index < -0.39 is 0 Å². The number of hydrogen-bond donors (Lipinski definition) is 2. The zero-order valence-corrected chi connectivity index (χ0v) is 16.4. The maximum atomic E-state index is 4.66. The lowest BCUT2D eigenvalue weighted by Crippen LogP contribution is -2.38. The molecule has 20 heavy (non-hydrogen) atoms. The van der Waals surface area contributed by atoms with Crippen molar-refractivity contribution in [2.75, 3.05) is 13.6 Å². The van der Waals surface area contributed by atoms with Crippen molar-refractivity contribution in [3.63, 3.8) is 0 Å². The van der Waals surface area contributed by atoms with E-state index in [0.717, 1.165) is 18.2 Å². The molecule has 0 aliphatic carbocycles. The second-order valence-corrected chi connectivity index (χ2v) is 6.95. The summed E-state index contributed by atoms with van der Waals surface area (Å²) in [6.45, 7) is 12.5. The Hall–Kier alpha value is -0.370. The average molecular weight is 410 g/mol. The van der Waals surface area contributed by atoms with Crippen LogP contribution < -0.4 is 10.6 Å². The maximum Gasteiger partial charge on any atom is 0.191 e. The van der Waals surface area contributed by atoms with E-state index in [2.05, 4.69) is 60.6 Å². The van der Waals surface area contributed by atoms with Crippen molar-refractivity contribution in [2.24, 2.45) is 10.9 Å². The Labute approximate surface area is 143 Å². The molecule has 0 aliphatic rings. The van der Waals surface area contributed by atoms with Gasteiger partial charge in [-0.25, -0.2) is 4.98 Å². The van der Waals surface area contributed by atoms with Gasteiger partial charge in [0.15, 0.2) is 5.96 Å². The molecule has 1 rings (SSSR count). The second-order valence-electron chi connectivity index (χ2n) is 6.09. The van der Waals surface area contributed by atoms with Crippen molar-refractivity contribution in [3.8, 4) is 0 Å². The molecule has 0 unspecified atom stereocenters. The molecule has 0 fully saturated rings. The van der Waals surface area contributed by atoms with Crippen LogP contribution in [0.1, 0.15) is 45.3 Å². The number of guanidine groups is 1. The highest BCUT2D eigenvalue weighted by atomic mass is 127. The van der Waals surface area contributed by atoms with Gasteiger partial charge in [-0.15, -0.1) is 35.3 Å². The molecular weight excluding hydrogens is 383 g/mol. The molecule has 0 bridgehead atoms. The van der Waals surface area contributed by atoms with Gasteiger partial charge in [0.05, 0.1) is 17.2 Å². The summed E-state index contributed by atoms with van der Waals surface area (Å²) >= 11 is 1.72. The molecule has 0 spiro atoms. The fraction of sp³-hybridized carbons (Fsp3) is 0.714. The van der Waals surface area contributed by atoms with E-state index in [9.17, 15) is 0 Å². The Morgan fingerprint density at radius 3 is 2.45 bits per heavy atom. The highest BCUT2D eigenvalue weighted by Crippen LogP contribution is 2.25. The summed E-state index contributed by atoms with van der Waals surface area (Å²) in [5, 5.41) is 9.87. The zero-order chi connectivity index (χ0) is 14.5. The molecule has 0 aromatic carbocycles. The normalized spacial score (nSPS) is 12.2. The van der Waals surface area contributed by atoms with E-state index in [4.69, 9.17) is 0 Å². The molecule has 6 heteroatoms. The number of halogens is 1. The van der Waals surface area contributed by atoms with Crippen LogP contribution >= 0.6 is 35.3 Å². The largest absolute Gasteiger partial charge is 0.356 e. The first-order chi connectivity index (χ1) is 8.82. The quantitative estimate of drug-likeness (QED) is 0.455. The molecule has 0 radical (unpaired) electrons.